The molecular formula is C11H13F2NO. The second-order valence-corrected chi connectivity index (χ2v) is 3.53. The molecule has 0 bridgehead atoms. The summed E-state index contributed by atoms with van der Waals surface area (Å²) in [7, 11) is 0. The SMILES string of the molecule is FC(F)c1cccc(C2CNCCO2)c1. The van der Waals surface area contributed by atoms with Crippen LogP contribution in [0.5, 0.6) is 0 Å². The largest absolute Gasteiger partial charge is 0.371 e. The minimum Gasteiger partial charge on any atom is -0.371 e. The van der Waals surface area contributed by atoms with E-state index in [0.717, 1.165) is 12.1 Å². The van der Waals surface area contributed by atoms with Crippen molar-refractivity contribution in [2.24, 2.45) is 0 Å². The van der Waals surface area contributed by atoms with E-state index >= 15 is 0 Å². The van der Waals surface area contributed by atoms with E-state index in [2.05, 4.69) is 5.32 Å². The van der Waals surface area contributed by atoms with E-state index in [1.54, 1.807) is 6.07 Å². The van der Waals surface area contributed by atoms with Crippen molar-refractivity contribution in [3.63, 3.8) is 0 Å². The smallest absolute Gasteiger partial charge is 0.263 e. The second kappa shape index (κ2) is 4.68. The third-order valence-corrected chi connectivity index (χ3v) is 2.46. The minimum absolute atomic E-state index is 0.0571. The number of ether oxygens (including phenoxy) is 1. The molecule has 0 amide bonds. The van der Waals surface area contributed by atoms with Crippen LogP contribution in [0.1, 0.15) is 23.7 Å². The van der Waals surface area contributed by atoms with Crippen LogP contribution in [-0.4, -0.2) is 19.7 Å². The van der Waals surface area contributed by atoms with Crippen molar-refractivity contribution >= 4 is 0 Å². The summed E-state index contributed by atoms with van der Waals surface area (Å²) in [4.78, 5) is 0. The molecule has 1 aromatic carbocycles. The molecule has 0 saturated carbocycles. The van der Waals surface area contributed by atoms with Crippen LogP contribution in [0.15, 0.2) is 24.3 Å². The summed E-state index contributed by atoms with van der Waals surface area (Å²) in [6.07, 6.45) is -2.51. The number of morpholine rings is 1. The third kappa shape index (κ3) is 2.52. The van der Waals surface area contributed by atoms with Crippen LogP contribution in [0, 0.1) is 0 Å². The van der Waals surface area contributed by atoms with Gasteiger partial charge in [-0.15, -0.1) is 0 Å². The van der Waals surface area contributed by atoms with Crippen molar-refractivity contribution in [3.8, 4) is 0 Å². The Hall–Kier alpha value is -1.00. The maximum Gasteiger partial charge on any atom is 0.263 e. The van der Waals surface area contributed by atoms with E-state index in [-0.39, 0.29) is 11.7 Å². The molecule has 2 nitrogen and oxygen atoms in total. The summed E-state index contributed by atoms with van der Waals surface area (Å²) in [5.74, 6) is 0. The molecule has 1 heterocycles. The van der Waals surface area contributed by atoms with E-state index in [4.69, 9.17) is 4.74 Å². The van der Waals surface area contributed by atoms with Gasteiger partial charge in [-0.2, -0.15) is 0 Å². The van der Waals surface area contributed by atoms with Crippen molar-refractivity contribution in [1.82, 2.24) is 5.32 Å². The van der Waals surface area contributed by atoms with Crippen LogP contribution in [0.4, 0.5) is 8.78 Å². The van der Waals surface area contributed by atoms with E-state index in [9.17, 15) is 8.78 Å². The second-order valence-electron chi connectivity index (χ2n) is 3.53. The molecule has 82 valence electrons. The summed E-state index contributed by atoms with van der Waals surface area (Å²) in [6, 6.07) is 6.42. The maximum absolute atomic E-state index is 12.5. The summed E-state index contributed by atoms with van der Waals surface area (Å²) < 4.78 is 30.4. The molecule has 1 aliphatic rings. The molecule has 1 N–H and O–H groups in total. The molecule has 1 saturated heterocycles. The van der Waals surface area contributed by atoms with Crippen molar-refractivity contribution in [2.75, 3.05) is 19.7 Å². The Balaban J connectivity index is 2.16. The van der Waals surface area contributed by atoms with Gasteiger partial charge in [-0.1, -0.05) is 18.2 Å². The van der Waals surface area contributed by atoms with E-state index in [0.29, 0.717) is 13.2 Å². The molecule has 0 radical (unpaired) electrons. The Morgan fingerprint density at radius 2 is 2.27 bits per heavy atom. The van der Waals surface area contributed by atoms with Crippen LogP contribution in [-0.2, 0) is 4.74 Å². The zero-order chi connectivity index (χ0) is 10.7. The van der Waals surface area contributed by atoms with Crippen LogP contribution in [0.2, 0.25) is 0 Å². The van der Waals surface area contributed by atoms with Crippen molar-refractivity contribution in [2.45, 2.75) is 12.5 Å². The van der Waals surface area contributed by atoms with Gasteiger partial charge in [-0.05, 0) is 11.6 Å². The van der Waals surface area contributed by atoms with Gasteiger partial charge in [0, 0.05) is 18.7 Å². The van der Waals surface area contributed by atoms with Crippen molar-refractivity contribution in [1.29, 1.82) is 0 Å². The molecule has 0 aliphatic carbocycles. The lowest BCUT2D eigenvalue weighted by molar-refractivity contribution is 0.0275. The first-order chi connectivity index (χ1) is 7.27. The standard InChI is InChI=1S/C11H13F2NO/c12-11(13)9-3-1-2-8(6-9)10-7-14-4-5-15-10/h1-3,6,10-11,14H,4-5,7H2. The normalized spacial score (nSPS) is 21.9. The molecule has 15 heavy (non-hydrogen) atoms. The molecule has 0 aromatic heterocycles. The topological polar surface area (TPSA) is 21.3 Å². The van der Waals surface area contributed by atoms with Crippen LogP contribution >= 0.6 is 0 Å². The van der Waals surface area contributed by atoms with E-state index < -0.39 is 6.43 Å². The molecule has 1 atom stereocenters. The lowest BCUT2D eigenvalue weighted by Crippen LogP contribution is -2.33. The summed E-state index contributed by atoms with van der Waals surface area (Å²) in [6.45, 7) is 2.14. The highest BCUT2D eigenvalue weighted by Gasteiger charge is 2.17. The van der Waals surface area contributed by atoms with E-state index in [1.807, 2.05) is 6.07 Å². The van der Waals surface area contributed by atoms with Gasteiger partial charge in [0.2, 0.25) is 0 Å². The number of halogens is 2. The van der Waals surface area contributed by atoms with Gasteiger partial charge in [-0.25, -0.2) is 8.78 Å². The summed E-state index contributed by atoms with van der Waals surface area (Å²) in [5, 5.41) is 3.17. The number of nitrogens with one attached hydrogen (secondary N) is 1. The van der Waals surface area contributed by atoms with Gasteiger partial charge in [0.05, 0.1) is 12.7 Å². The van der Waals surface area contributed by atoms with Gasteiger partial charge < -0.3 is 10.1 Å². The Morgan fingerprint density at radius 3 is 2.93 bits per heavy atom. The fraction of sp³-hybridized carbons (Fsp3) is 0.455. The molecule has 1 unspecified atom stereocenters. The predicted molar refractivity (Wildman–Crippen MR) is 53.0 cm³/mol. The number of alkyl halides is 2. The lowest BCUT2D eigenvalue weighted by atomic mass is 10.1. The summed E-state index contributed by atoms with van der Waals surface area (Å²) >= 11 is 0. The van der Waals surface area contributed by atoms with Crippen LogP contribution in [0.3, 0.4) is 0 Å². The minimum atomic E-state index is -2.42. The third-order valence-electron chi connectivity index (χ3n) is 2.46. The first-order valence-corrected chi connectivity index (χ1v) is 4.97. The Morgan fingerprint density at radius 1 is 1.40 bits per heavy atom. The molecule has 1 aromatic rings. The van der Waals surface area contributed by atoms with Gasteiger partial charge >= 0.3 is 0 Å². The van der Waals surface area contributed by atoms with Gasteiger partial charge in [0.25, 0.3) is 6.43 Å². The van der Waals surface area contributed by atoms with Gasteiger partial charge in [0.15, 0.2) is 0 Å². The monoisotopic (exact) mass is 213 g/mol. The fourth-order valence-corrected chi connectivity index (χ4v) is 1.67. The molecule has 1 fully saturated rings. The Labute approximate surface area is 87.2 Å². The Kier molecular flexibility index (Phi) is 3.28. The van der Waals surface area contributed by atoms with E-state index in [1.165, 1.54) is 12.1 Å². The predicted octanol–water partition coefficient (Wildman–Crippen LogP) is 2.29. The molecule has 2 rings (SSSR count). The fourth-order valence-electron chi connectivity index (χ4n) is 1.67. The van der Waals surface area contributed by atoms with Crippen molar-refractivity contribution in [3.05, 3.63) is 35.4 Å². The van der Waals surface area contributed by atoms with Crippen LogP contribution < -0.4 is 5.32 Å². The summed E-state index contributed by atoms with van der Waals surface area (Å²) in [5.41, 5.74) is 0.877. The zero-order valence-electron chi connectivity index (χ0n) is 8.25. The first-order valence-electron chi connectivity index (χ1n) is 4.97. The molecule has 4 heteroatoms. The average molecular weight is 213 g/mol. The average Bonchev–Trinajstić information content (AvgIpc) is 2.30. The van der Waals surface area contributed by atoms with Crippen molar-refractivity contribution < 1.29 is 13.5 Å². The molecule has 1 aliphatic heterocycles. The lowest BCUT2D eigenvalue weighted by Gasteiger charge is -2.24. The number of benzene rings is 1. The quantitative estimate of drug-likeness (QED) is 0.813. The zero-order valence-corrected chi connectivity index (χ0v) is 8.25. The van der Waals surface area contributed by atoms with Gasteiger partial charge in [-0.3, -0.25) is 0 Å². The number of hydrogen-bond acceptors (Lipinski definition) is 2. The highest BCUT2D eigenvalue weighted by Crippen LogP contribution is 2.24. The highest BCUT2D eigenvalue weighted by molar-refractivity contribution is 5.26. The van der Waals surface area contributed by atoms with Crippen LogP contribution in [0.25, 0.3) is 0 Å². The number of rotatable bonds is 2. The maximum atomic E-state index is 12.5. The highest BCUT2D eigenvalue weighted by atomic mass is 19.3. The first kappa shape index (κ1) is 10.5. The molecular weight excluding hydrogens is 200 g/mol. The Bertz CT molecular complexity index is 324. The molecule has 0 spiro atoms. The van der Waals surface area contributed by atoms with Gasteiger partial charge in [0.1, 0.15) is 0 Å². The number of hydrogen-bond donors (Lipinski definition) is 1.